The Hall–Kier alpha value is -0.930. The van der Waals surface area contributed by atoms with Gasteiger partial charge in [-0.25, -0.2) is 0 Å². The molecule has 1 aromatic rings. The number of hydrogen-bond acceptors (Lipinski definition) is 3. The summed E-state index contributed by atoms with van der Waals surface area (Å²) in [5, 5.41) is 13.4. The lowest BCUT2D eigenvalue weighted by Gasteiger charge is -2.26. The van der Waals surface area contributed by atoms with Crippen molar-refractivity contribution in [2.45, 2.75) is 59.6 Å². The summed E-state index contributed by atoms with van der Waals surface area (Å²) in [4.78, 5) is 4.52. The van der Waals surface area contributed by atoms with Gasteiger partial charge in [-0.1, -0.05) is 6.92 Å². The zero-order valence-corrected chi connectivity index (χ0v) is 12.5. The average Bonchev–Trinajstić information content (AvgIpc) is 2.25. The van der Waals surface area contributed by atoms with Crippen molar-refractivity contribution in [2.75, 3.05) is 6.54 Å². The van der Waals surface area contributed by atoms with Gasteiger partial charge in [0, 0.05) is 24.0 Å². The number of nitrogens with one attached hydrogen (secondary N) is 1. The molecule has 0 aliphatic rings. The molecule has 0 aliphatic heterocycles. The van der Waals surface area contributed by atoms with Gasteiger partial charge in [0.2, 0.25) is 0 Å². The number of aryl methyl sites for hydroxylation is 3. The molecule has 0 fully saturated rings. The van der Waals surface area contributed by atoms with Crippen molar-refractivity contribution in [3.05, 3.63) is 28.6 Å². The Kier molecular flexibility index (Phi) is 4.88. The van der Waals surface area contributed by atoms with Crippen molar-refractivity contribution in [1.29, 1.82) is 0 Å². The van der Waals surface area contributed by atoms with Crippen LogP contribution in [0, 0.1) is 20.8 Å². The Balaban J connectivity index is 2.82. The Morgan fingerprint density at radius 2 is 2.00 bits per heavy atom. The third-order valence-corrected chi connectivity index (χ3v) is 3.57. The molecule has 1 aromatic heterocycles. The molecule has 2 atom stereocenters. The molecule has 102 valence electrons. The molecule has 0 saturated heterocycles. The molecule has 0 bridgehead atoms. The summed E-state index contributed by atoms with van der Waals surface area (Å²) in [7, 11) is 0. The molecule has 1 heterocycles. The van der Waals surface area contributed by atoms with Crippen LogP contribution in [-0.4, -0.2) is 22.2 Å². The number of aliphatic hydroxyl groups is 1. The third kappa shape index (κ3) is 3.79. The van der Waals surface area contributed by atoms with Gasteiger partial charge in [0.1, 0.15) is 0 Å². The Labute approximate surface area is 111 Å². The van der Waals surface area contributed by atoms with Gasteiger partial charge in [0.25, 0.3) is 0 Å². The Morgan fingerprint density at radius 1 is 1.39 bits per heavy atom. The molecule has 18 heavy (non-hydrogen) atoms. The fraction of sp³-hybridized carbons (Fsp3) is 0.667. The van der Waals surface area contributed by atoms with Gasteiger partial charge in [-0.2, -0.15) is 0 Å². The van der Waals surface area contributed by atoms with Crippen molar-refractivity contribution in [3.63, 3.8) is 0 Å². The summed E-state index contributed by atoms with van der Waals surface area (Å²) in [6, 6.07) is 2.31. The normalized spacial score (nSPS) is 16.4. The van der Waals surface area contributed by atoms with Crippen LogP contribution >= 0.6 is 0 Å². The second-order valence-corrected chi connectivity index (χ2v) is 5.53. The lowest BCUT2D eigenvalue weighted by atomic mass is 9.98. The summed E-state index contributed by atoms with van der Waals surface area (Å²) in [5.41, 5.74) is 3.99. The average molecular weight is 250 g/mol. The summed E-state index contributed by atoms with van der Waals surface area (Å²) in [6.45, 7) is 12.8. The fourth-order valence-corrected chi connectivity index (χ4v) is 2.29. The summed E-state index contributed by atoms with van der Waals surface area (Å²) in [5.74, 6) is 0. The zero-order valence-electron chi connectivity index (χ0n) is 12.5. The number of pyridine rings is 1. The molecule has 1 rings (SSSR count). The lowest BCUT2D eigenvalue weighted by molar-refractivity contribution is 0.0533. The van der Waals surface area contributed by atoms with Crippen molar-refractivity contribution >= 4 is 0 Å². The highest BCUT2D eigenvalue weighted by Gasteiger charge is 2.20. The Bertz CT molecular complexity index is 390. The number of rotatable bonds is 5. The number of hydrogen-bond donors (Lipinski definition) is 2. The van der Waals surface area contributed by atoms with E-state index in [-0.39, 0.29) is 6.04 Å². The van der Waals surface area contributed by atoms with E-state index < -0.39 is 5.60 Å². The quantitative estimate of drug-likeness (QED) is 0.844. The molecule has 2 N–H and O–H groups in total. The van der Waals surface area contributed by atoms with Crippen LogP contribution in [0.2, 0.25) is 0 Å². The van der Waals surface area contributed by atoms with E-state index in [4.69, 9.17) is 0 Å². The topological polar surface area (TPSA) is 45.1 Å². The summed E-state index contributed by atoms with van der Waals surface area (Å²) in [6.07, 6.45) is 0.747. The molecule has 0 amide bonds. The fourth-order valence-electron chi connectivity index (χ4n) is 2.29. The zero-order chi connectivity index (χ0) is 13.9. The van der Waals surface area contributed by atoms with Gasteiger partial charge >= 0.3 is 0 Å². The first kappa shape index (κ1) is 15.1. The van der Waals surface area contributed by atoms with Gasteiger partial charge in [0.05, 0.1) is 5.60 Å². The van der Waals surface area contributed by atoms with E-state index in [0.717, 1.165) is 17.8 Å². The largest absolute Gasteiger partial charge is 0.389 e. The Morgan fingerprint density at radius 3 is 2.50 bits per heavy atom. The van der Waals surface area contributed by atoms with Crippen molar-refractivity contribution < 1.29 is 5.11 Å². The predicted octanol–water partition coefficient (Wildman–Crippen LogP) is 2.82. The molecule has 3 heteroatoms. The first-order valence-electron chi connectivity index (χ1n) is 6.67. The molecule has 0 saturated carbocycles. The minimum Gasteiger partial charge on any atom is -0.389 e. The monoisotopic (exact) mass is 250 g/mol. The molecule has 0 aromatic carbocycles. The first-order valence-corrected chi connectivity index (χ1v) is 6.67. The van der Waals surface area contributed by atoms with Crippen LogP contribution in [0.5, 0.6) is 0 Å². The predicted molar refractivity (Wildman–Crippen MR) is 75.8 cm³/mol. The van der Waals surface area contributed by atoms with Crippen LogP contribution in [0.25, 0.3) is 0 Å². The maximum atomic E-state index is 10.0. The SMILES string of the molecule is CCC(C)(O)CNC(C)c1c(C)cc(C)nc1C. The van der Waals surface area contributed by atoms with Crippen LogP contribution in [0.1, 0.15) is 55.7 Å². The van der Waals surface area contributed by atoms with Crippen LogP contribution in [-0.2, 0) is 0 Å². The maximum absolute atomic E-state index is 10.0. The van der Waals surface area contributed by atoms with Gasteiger partial charge in [-0.05, 0) is 58.2 Å². The first-order chi connectivity index (χ1) is 8.26. The van der Waals surface area contributed by atoms with Gasteiger partial charge in [0.15, 0.2) is 0 Å². The molecule has 0 aliphatic carbocycles. The van der Waals surface area contributed by atoms with E-state index in [2.05, 4.69) is 30.2 Å². The smallest absolute Gasteiger partial charge is 0.0741 e. The maximum Gasteiger partial charge on any atom is 0.0741 e. The molecule has 0 radical (unpaired) electrons. The third-order valence-electron chi connectivity index (χ3n) is 3.57. The van der Waals surface area contributed by atoms with Crippen molar-refractivity contribution in [1.82, 2.24) is 10.3 Å². The van der Waals surface area contributed by atoms with Crippen LogP contribution < -0.4 is 5.32 Å². The summed E-state index contributed by atoms with van der Waals surface area (Å²) < 4.78 is 0. The second-order valence-electron chi connectivity index (χ2n) is 5.53. The van der Waals surface area contributed by atoms with E-state index in [1.807, 2.05) is 27.7 Å². The minimum absolute atomic E-state index is 0.205. The van der Waals surface area contributed by atoms with E-state index in [1.54, 1.807) is 0 Å². The van der Waals surface area contributed by atoms with E-state index >= 15 is 0 Å². The van der Waals surface area contributed by atoms with E-state index in [1.165, 1.54) is 11.1 Å². The van der Waals surface area contributed by atoms with E-state index in [9.17, 15) is 5.11 Å². The van der Waals surface area contributed by atoms with Crippen LogP contribution in [0.4, 0.5) is 0 Å². The highest BCUT2D eigenvalue weighted by molar-refractivity contribution is 5.33. The lowest BCUT2D eigenvalue weighted by Crippen LogP contribution is -2.38. The highest BCUT2D eigenvalue weighted by Crippen LogP contribution is 2.21. The van der Waals surface area contributed by atoms with Crippen LogP contribution in [0.3, 0.4) is 0 Å². The van der Waals surface area contributed by atoms with Crippen molar-refractivity contribution in [2.24, 2.45) is 0 Å². The second kappa shape index (κ2) is 5.81. The summed E-state index contributed by atoms with van der Waals surface area (Å²) >= 11 is 0. The highest BCUT2D eigenvalue weighted by atomic mass is 16.3. The van der Waals surface area contributed by atoms with E-state index in [0.29, 0.717) is 6.54 Å². The standard InChI is InChI=1S/C15H26N2O/c1-7-15(6,18)9-16-12(4)14-10(2)8-11(3)17-13(14)5/h8,12,16,18H,7,9H2,1-6H3. The van der Waals surface area contributed by atoms with Gasteiger partial charge in [-0.3, -0.25) is 4.98 Å². The molecule has 2 unspecified atom stereocenters. The van der Waals surface area contributed by atoms with Crippen molar-refractivity contribution in [3.8, 4) is 0 Å². The van der Waals surface area contributed by atoms with Gasteiger partial charge in [-0.15, -0.1) is 0 Å². The minimum atomic E-state index is -0.645. The molecule has 3 nitrogen and oxygen atoms in total. The number of nitrogens with zero attached hydrogens (tertiary/aromatic N) is 1. The van der Waals surface area contributed by atoms with Gasteiger partial charge < -0.3 is 10.4 Å². The van der Waals surface area contributed by atoms with Crippen LogP contribution in [0.15, 0.2) is 6.07 Å². The number of aromatic nitrogens is 1. The molecular weight excluding hydrogens is 224 g/mol. The molecule has 0 spiro atoms. The molecular formula is C15H26N2O.